The summed E-state index contributed by atoms with van der Waals surface area (Å²) in [7, 11) is 0. The zero-order valence-electron chi connectivity index (χ0n) is 16.6. The van der Waals surface area contributed by atoms with Crippen LogP contribution in [-0.2, 0) is 22.6 Å². The van der Waals surface area contributed by atoms with Gasteiger partial charge < -0.3 is 10.1 Å². The fraction of sp³-hybridized carbons (Fsp3) is 0.273. The highest BCUT2D eigenvalue weighted by Gasteiger charge is 2.28. The van der Waals surface area contributed by atoms with Gasteiger partial charge in [0.25, 0.3) is 0 Å². The first kappa shape index (κ1) is 19.4. The molecule has 1 aliphatic rings. The standard InChI is InChI=1S/C22H20N4O2S2/c1-22(2)9-16-13(10-28-22)8-15-18-19(30-20(15)26-16)21(24-12-23-18)29-11-17(27)25-14-6-4-3-5-7-14/h3-8,12H,9-11H2,1-2H3,(H,25,27). The molecule has 0 spiro atoms. The van der Waals surface area contributed by atoms with E-state index in [-0.39, 0.29) is 17.3 Å². The number of benzene rings is 1. The molecule has 8 heteroatoms. The van der Waals surface area contributed by atoms with Crippen LogP contribution < -0.4 is 5.32 Å². The normalized spacial score (nSPS) is 15.3. The van der Waals surface area contributed by atoms with Gasteiger partial charge in [0.05, 0.1) is 33.9 Å². The Kier molecular flexibility index (Phi) is 4.92. The van der Waals surface area contributed by atoms with Gasteiger partial charge >= 0.3 is 0 Å². The lowest BCUT2D eigenvalue weighted by Crippen LogP contribution is -2.32. The number of thioether (sulfide) groups is 1. The molecule has 0 atom stereocenters. The van der Waals surface area contributed by atoms with Crippen molar-refractivity contribution in [3.05, 3.63) is 54.0 Å². The minimum atomic E-state index is -0.197. The summed E-state index contributed by atoms with van der Waals surface area (Å²) >= 11 is 3.01. The monoisotopic (exact) mass is 436 g/mol. The van der Waals surface area contributed by atoms with Crippen LogP contribution in [-0.4, -0.2) is 32.2 Å². The Morgan fingerprint density at radius 2 is 2.10 bits per heavy atom. The van der Waals surface area contributed by atoms with Gasteiger partial charge in [0.15, 0.2) is 0 Å². The molecule has 1 N–H and O–H groups in total. The second kappa shape index (κ2) is 7.61. The molecular formula is C22H20N4O2S2. The molecule has 0 unspecified atom stereocenters. The number of hydrogen-bond donors (Lipinski definition) is 1. The Balaban J connectivity index is 1.43. The molecule has 1 aromatic carbocycles. The van der Waals surface area contributed by atoms with E-state index in [4.69, 9.17) is 9.72 Å². The van der Waals surface area contributed by atoms with Crippen LogP contribution in [0.4, 0.5) is 5.69 Å². The van der Waals surface area contributed by atoms with Crippen LogP contribution in [0.25, 0.3) is 20.4 Å². The summed E-state index contributed by atoms with van der Waals surface area (Å²) < 4.78 is 6.92. The molecule has 3 aromatic heterocycles. The average molecular weight is 437 g/mol. The van der Waals surface area contributed by atoms with Crippen molar-refractivity contribution in [2.24, 2.45) is 0 Å². The number of fused-ring (bicyclic) bond motifs is 4. The smallest absolute Gasteiger partial charge is 0.234 e. The predicted octanol–water partition coefficient (Wildman–Crippen LogP) is 4.82. The second-order valence-electron chi connectivity index (χ2n) is 7.83. The number of para-hydroxylation sites is 1. The Bertz CT molecular complexity index is 1250. The van der Waals surface area contributed by atoms with Crippen molar-refractivity contribution in [1.29, 1.82) is 0 Å². The lowest BCUT2D eigenvalue weighted by atomic mass is 9.95. The summed E-state index contributed by atoms with van der Waals surface area (Å²) in [6.45, 7) is 4.75. The van der Waals surface area contributed by atoms with E-state index in [0.717, 1.165) is 48.8 Å². The number of carbonyl (C=O) groups excluding carboxylic acids is 1. The lowest BCUT2D eigenvalue weighted by molar-refractivity contribution is -0.113. The molecule has 0 saturated heterocycles. The van der Waals surface area contributed by atoms with Gasteiger partial charge in [0.2, 0.25) is 5.91 Å². The van der Waals surface area contributed by atoms with Crippen LogP contribution >= 0.6 is 23.1 Å². The molecule has 6 nitrogen and oxygen atoms in total. The highest BCUT2D eigenvalue weighted by Crippen LogP contribution is 2.38. The van der Waals surface area contributed by atoms with Crippen LogP contribution in [0, 0.1) is 0 Å². The van der Waals surface area contributed by atoms with Gasteiger partial charge in [-0.25, -0.2) is 15.0 Å². The van der Waals surface area contributed by atoms with Crippen molar-refractivity contribution in [2.75, 3.05) is 11.1 Å². The number of ether oxygens (including phenoxy) is 1. The van der Waals surface area contributed by atoms with E-state index in [9.17, 15) is 4.79 Å². The summed E-state index contributed by atoms with van der Waals surface area (Å²) in [5.74, 6) is 0.216. The summed E-state index contributed by atoms with van der Waals surface area (Å²) in [5, 5.41) is 4.73. The molecule has 0 saturated carbocycles. The molecule has 30 heavy (non-hydrogen) atoms. The maximum atomic E-state index is 12.3. The number of carbonyl (C=O) groups is 1. The van der Waals surface area contributed by atoms with E-state index in [2.05, 4.69) is 35.2 Å². The molecule has 4 heterocycles. The first-order valence-corrected chi connectivity index (χ1v) is 11.5. The highest BCUT2D eigenvalue weighted by atomic mass is 32.2. The molecule has 0 radical (unpaired) electrons. The number of pyridine rings is 1. The van der Waals surface area contributed by atoms with Gasteiger partial charge in [0.1, 0.15) is 16.2 Å². The van der Waals surface area contributed by atoms with Crippen molar-refractivity contribution in [3.8, 4) is 0 Å². The van der Waals surface area contributed by atoms with E-state index < -0.39 is 0 Å². The summed E-state index contributed by atoms with van der Waals surface area (Å²) in [6.07, 6.45) is 2.35. The number of anilines is 1. The molecule has 4 aromatic rings. The Hall–Kier alpha value is -2.55. The average Bonchev–Trinajstić information content (AvgIpc) is 3.08. The molecule has 152 valence electrons. The number of nitrogens with zero attached hydrogens (tertiary/aromatic N) is 3. The van der Waals surface area contributed by atoms with Gasteiger partial charge in [-0.1, -0.05) is 30.0 Å². The number of thiophene rings is 1. The molecule has 1 aliphatic heterocycles. The maximum Gasteiger partial charge on any atom is 0.234 e. The van der Waals surface area contributed by atoms with Gasteiger partial charge in [-0.05, 0) is 32.0 Å². The van der Waals surface area contributed by atoms with E-state index in [1.165, 1.54) is 11.8 Å². The van der Waals surface area contributed by atoms with Gasteiger partial charge in [-0.2, -0.15) is 0 Å². The van der Waals surface area contributed by atoms with Crippen LogP contribution in [0.5, 0.6) is 0 Å². The number of hydrogen-bond acceptors (Lipinski definition) is 7. The van der Waals surface area contributed by atoms with Crippen LogP contribution in [0.2, 0.25) is 0 Å². The molecule has 0 fully saturated rings. The third-order valence-corrected chi connectivity index (χ3v) is 7.20. The zero-order valence-corrected chi connectivity index (χ0v) is 18.3. The van der Waals surface area contributed by atoms with Crippen molar-refractivity contribution in [2.45, 2.75) is 37.5 Å². The third kappa shape index (κ3) is 3.78. The minimum absolute atomic E-state index is 0.0629. The molecule has 1 amide bonds. The largest absolute Gasteiger partial charge is 0.370 e. The van der Waals surface area contributed by atoms with Crippen molar-refractivity contribution >= 4 is 55.1 Å². The molecule has 0 bridgehead atoms. The second-order valence-corrected chi connectivity index (χ2v) is 9.80. The molecule has 0 aliphatic carbocycles. The first-order valence-electron chi connectivity index (χ1n) is 9.66. The van der Waals surface area contributed by atoms with Crippen molar-refractivity contribution in [1.82, 2.24) is 15.0 Å². The fourth-order valence-electron chi connectivity index (χ4n) is 3.52. The van der Waals surface area contributed by atoms with Crippen LogP contribution in [0.1, 0.15) is 25.1 Å². The number of amides is 1. The maximum absolute atomic E-state index is 12.3. The highest BCUT2D eigenvalue weighted by molar-refractivity contribution is 8.00. The Morgan fingerprint density at radius 3 is 2.93 bits per heavy atom. The van der Waals surface area contributed by atoms with Gasteiger partial charge in [-0.15, -0.1) is 11.3 Å². The Labute approximate surface area is 182 Å². The van der Waals surface area contributed by atoms with E-state index in [0.29, 0.717) is 6.61 Å². The molecular weight excluding hydrogens is 416 g/mol. The van der Waals surface area contributed by atoms with Crippen molar-refractivity contribution in [3.63, 3.8) is 0 Å². The SMILES string of the molecule is CC1(C)Cc2nc3sc4c(SCC(=O)Nc5ccccc5)ncnc4c3cc2CO1. The summed E-state index contributed by atoms with van der Waals surface area (Å²) in [6, 6.07) is 11.6. The quantitative estimate of drug-likeness (QED) is 0.365. The van der Waals surface area contributed by atoms with Gasteiger partial charge in [0, 0.05) is 23.1 Å². The summed E-state index contributed by atoms with van der Waals surface area (Å²) in [5.41, 5.74) is 3.69. The number of rotatable bonds is 4. The lowest BCUT2D eigenvalue weighted by Gasteiger charge is -2.30. The zero-order chi connectivity index (χ0) is 20.7. The van der Waals surface area contributed by atoms with E-state index >= 15 is 0 Å². The topological polar surface area (TPSA) is 77.0 Å². The third-order valence-electron chi connectivity index (χ3n) is 4.99. The first-order chi connectivity index (χ1) is 14.5. The van der Waals surface area contributed by atoms with E-state index in [1.807, 2.05) is 30.3 Å². The fourth-order valence-corrected chi connectivity index (χ4v) is 5.53. The minimum Gasteiger partial charge on any atom is -0.370 e. The van der Waals surface area contributed by atoms with E-state index in [1.54, 1.807) is 17.7 Å². The molecule has 5 rings (SSSR count). The number of nitrogens with one attached hydrogen (secondary N) is 1. The van der Waals surface area contributed by atoms with Crippen LogP contribution in [0.15, 0.2) is 47.8 Å². The number of aromatic nitrogens is 3. The summed E-state index contributed by atoms with van der Waals surface area (Å²) in [4.78, 5) is 27.1. The van der Waals surface area contributed by atoms with Crippen molar-refractivity contribution < 1.29 is 9.53 Å². The van der Waals surface area contributed by atoms with Gasteiger partial charge in [-0.3, -0.25) is 4.79 Å². The predicted molar refractivity (Wildman–Crippen MR) is 121 cm³/mol. The van der Waals surface area contributed by atoms with Crippen LogP contribution in [0.3, 0.4) is 0 Å². The Morgan fingerprint density at radius 1 is 1.27 bits per heavy atom.